The standard InChI is InChI=1S/C28H47N/c1-3-5-6-7-8-10-21-11-9-12-25-23(21)15-16-26-24-17-18-28(4-2,20-29)19-22(24)13-14-27(25)26/h21-27H,3-19H2,1-2H3/t21-,22?,23?,24?,25?,26?,27?,28-/m1/s1. The van der Waals surface area contributed by atoms with Crippen LogP contribution in [-0.2, 0) is 0 Å². The highest BCUT2D eigenvalue weighted by molar-refractivity contribution is 5.07. The van der Waals surface area contributed by atoms with Crippen molar-refractivity contribution in [3.8, 4) is 6.07 Å². The average Bonchev–Trinajstić information content (AvgIpc) is 2.78. The van der Waals surface area contributed by atoms with Crippen molar-refractivity contribution >= 4 is 0 Å². The van der Waals surface area contributed by atoms with Crippen LogP contribution in [0.1, 0.15) is 123 Å². The fourth-order valence-electron chi connectivity index (χ4n) is 8.84. The normalized spacial score (nSPS) is 44.2. The monoisotopic (exact) mass is 397 g/mol. The Morgan fingerprint density at radius 1 is 0.759 bits per heavy atom. The van der Waals surface area contributed by atoms with Crippen LogP contribution in [0.2, 0.25) is 0 Å². The van der Waals surface area contributed by atoms with Crippen LogP contribution in [0.5, 0.6) is 0 Å². The molecule has 0 aromatic carbocycles. The highest BCUT2D eigenvalue weighted by atomic mass is 14.6. The zero-order valence-electron chi connectivity index (χ0n) is 19.5. The Morgan fingerprint density at radius 2 is 1.48 bits per heavy atom. The van der Waals surface area contributed by atoms with E-state index in [1.807, 2.05) is 0 Å². The molecule has 4 saturated carbocycles. The first kappa shape index (κ1) is 21.7. The van der Waals surface area contributed by atoms with Crippen molar-refractivity contribution in [1.82, 2.24) is 0 Å². The number of hydrogen-bond acceptors (Lipinski definition) is 1. The summed E-state index contributed by atoms with van der Waals surface area (Å²) in [4.78, 5) is 0. The second kappa shape index (κ2) is 9.75. The molecule has 6 unspecified atom stereocenters. The molecule has 0 saturated heterocycles. The molecule has 0 aromatic heterocycles. The smallest absolute Gasteiger partial charge is 0.0689 e. The van der Waals surface area contributed by atoms with E-state index in [4.69, 9.17) is 0 Å². The van der Waals surface area contributed by atoms with E-state index in [-0.39, 0.29) is 5.41 Å². The van der Waals surface area contributed by atoms with Crippen molar-refractivity contribution in [2.75, 3.05) is 0 Å². The SMILES string of the molecule is CCCCCCC[C@@H]1CCCC2C3CCC4C[C@@](C#N)(CC)CCC4C3CCC21. The first-order valence-electron chi connectivity index (χ1n) is 13.6. The summed E-state index contributed by atoms with van der Waals surface area (Å²) < 4.78 is 0. The molecular weight excluding hydrogens is 350 g/mol. The van der Waals surface area contributed by atoms with Crippen LogP contribution in [0.3, 0.4) is 0 Å². The number of fused-ring (bicyclic) bond motifs is 5. The first-order chi connectivity index (χ1) is 14.2. The molecular formula is C28H47N. The van der Waals surface area contributed by atoms with Crippen LogP contribution in [0.4, 0.5) is 0 Å². The van der Waals surface area contributed by atoms with Gasteiger partial charge in [0.15, 0.2) is 0 Å². The second-order valence-corrected chi connectivity index (χ2v) is 11.6. The molecule has 0 heterocycles. The Bertz CT molecular complexity index is 561. The summed E-state index contributed by atoms with van der Waals surface area (Å²) in [6.07, 6.45) is 24.3. The van der Waals surface area contributed by atoms with Gasteiger partial charge in [0.05, 0.1) is 11.5 Å². The number of rotatable bonds is 7. The highest BCUT2D eigenvalue weighted by Gasteiger charge is 2.52. The largest absolute Gasteiger partial charge is 0.198 e. The summed E-state index contributed by atoms with van der Waals surface area (Å²) in [7, 11) is 0. The molecule has 164 valence electrons. The number of unbranched alkanes of at least 4 members (excludes halogenated alkanes) is 4. The second-order valence-electron chi connectivity index (χ2n) is 11.6. The van der Waals surface area contributed by atoms with Gasteiger partial charge in [-0.3, -0.25) is 0 Å². The molecule has 0 spiro atoms. The van der Waals surface area contributed by atoms with Gasteiger partial charge in [0.25, 0.3) is 0 Å². The van der Waals surface area contributed by atoms with E-state index in [1.165, 1.54) is 83.5 Å². The highest BCUT2D eigenvalue weighted by Crippen LogP contribution is 2.60. The van der Waals surface area contributed by atoms with Gasteiger partial charge in [-0.15, -0.1) is 0 Å². The van der Waals surface area contributed by atoms with Gasteiger partial charge in [-0.2, -0.15) is 5.26 Å². The fourth-order valence-corrected chi connectivity index (χ4v) is 8.84. The minimum absolute atomic E-state index is 0.0267. The van der Waals surface area contributed by atoms with Crippen LogP contribution in [0, 0.1) is 58.2 Å². The van der Waals surface area contributed by atoms with Crippen molar-refractivity contribution in [1.29, 1.82) is 5.26 Å². The molecule has 0 radical (unpaired) electrons. The predicted molar refractivity (Wildman–Crippen MR) is 122 cm³/mol. The fraction of sp³-hybridized carbons (Fsp3) is 0.964. The molecule has 4 fully saturated rings. The number of nitriles is 1. The zero-order valence-corrected chi connectivity index (χ0v) is 19.5. The summed E-state index contributed by atoms with van der Waals surface area (Å²) >= 11 is 0. The van der Waals surface area contributed by atoms with Gasteiger partial charge >= 0.3 is 0 Å². The molecule has 4 aliphatic carbocycles. The van der Waals surface area contributed by atoms with Gasteiger partial charge in [-0.1, -0.05) is 65.2 Å². The molecule has 29 heavy (non-hydrogen) atoms. The summed E-state index contributed by atoms with van der Waals surface area (Å²) in [6.45, 7) is 4.58. The van der Waals surface area contributed by atoms with E-state index in [2.05, 4.69) is 19.9 Å². The Labute approximate surface area is 181 Å². The number of nitrogens with zero attached hydrogens (tertiary/aromatic N) is 1. The van der Waals surface area contributed by atoms with Crippen molar-refractivity contribution < 1.29 is 0 Å². The molecule has 1 heteroatoms. The van der Waals surface area contributed by atoms with E-state index in [9.17, 15) is 5.26 Å². The third-order valence-corrected chi connectivity index (χ3v) is 10.4. The molecule has 0 aromatic rings. The quantitative estimate of drug-likeness (QED) is 0.395. The molecule has 0 N–H and O–H groups in total. The van der Waals surface area contributed by atoms with E-state index in [0.717, 1.165) is 47.8 Å². The Hall–Kier alpha value is -0.510. The van der Waals surface area contributed by atoms with Gasteiger partial charge < -0.3 is 0 Å². The molecule has 8 atom stereocenters. The lowest BCUT2D eigenvalue weighted by Crippen LogP contribution is -2.49. The molecule has 1 nitrogen and oxygen atoms in total. The van der Waals surface area contributed by atoms with E-state index < -0.39 is 0 Å². The first-order valence-corrected chi connectivity index (χ1v) is 13.6. The minimum atomic E-state index is 0.0267. The van der Waals surface area contributed by atoms with E-state index in [1.54, 1.807) is 19.3 Å². The zero-order chi connectivity index (χ0) is 20.3. The van der Waals surface area contributed by atoms with Gasteiger partial charge in [0.1, 0.15) is 0 Å². The van der Waals surface area contributed by atoms with Crippen LogP contribution in [-0.4, -0.2) is 0 Å². The van der Waals surface area contributed by atoms with Gasteiger partial charge in [-0.25, -0.2) is 0 Å². The van der Waals surface area contributed by atoms with Crippen LogP contribution in [0.15, 0.2) is 0 Å². The Morgan fingerprint density at radius 3 is 2.28 bits per heavy atom. The van der Waals surface area contributed by atoms with Crippen molar-refractivity contribution in [3.63, 3.8) is 0 Å². The lowest BCUT2D eigenvalue weighted by molar-refractivity contribution is -0.0713. The van der Waals surface area contributed by atoms with E-state index >= 15 is 0 Å². The maximum atomic E-state index is 9.82. The molecule has 4 aliphatic rings. The molecule has 0 aliphatic heterocycles. The van der Waals surface area contributed by atoms with Gasteiger partial charge in [0.2, 0.25) is 0 Å². The van der Waals surface area contributed by atoms with Crippen LogP contribution < -0.4 is 0 Å². The van der Waals surface area contributed by atoms with Crippen molar-refractivity contribution in [3.05, 3.63) is 0 Å². The molecule has 4 rings (SSSR count). The minimum Gasteiger partial charge on any atom is -0.198 e. The summed E-state index contributed by atoms with van der Waals surface area (Å²) in [5.74, 6) is 7.12. The maximum Gasteiger partial charge on any atom is 0.0689 e. The van der Waals surface area contributed by atoms with Crippen LogP contribution >= 0.6 is 0 Å². The lowest BCUT2D eigenvalue weighted by atomic mass is 9.48. The topological polar surface area (TPSA) is 23.8 Å². The van der Waals surface area contributed by atoms with E-state index in [0.29, 0.717) is 0 Å². The van der Waals surface area contributed by atoms with Crippen molar-refractivity contribution in [2.45, 2.75) is 123 Å². The van der Waals surface area contributed by atoms with Gasteiger partial charge in [-0.05, 0) is 99.2 Å². The summed E-state index contributed by atoms with van der Waals surface area (Å²) in [6, 6.07) is 2.76. The third-order valence-electron chi connectivity index (χ3n) is 10.4. The Balaban J connectivity index is 1.36. The summed E-state index contributed by atoms with van der Waals surface area (Å²) in [5, 5.41) is 9.82. The molecule has 0 amide bonds. The maximum absolute atomic E-state index is 9.82. The van der Waals surface area contributed by atoms with Crippen molar-refractivity contribution in [2.24, 2.45) is 46.8 Å². The average molecular weight is 398 g/mol. The summed E-state index contributed by atoms with van der Waals surface area (Å²) in [5.41, 5.74) is 0.0267. The molecule has 0 bridgehead atoms. The van der Waals surface area contributed by atoms with Gasteiger partial charge in [0, 0.05) is 0 Å². The van der Waals surface area contributed by atoms with Crippen LogP contribution in [0.25, 0.3) is 0 Å². The lowest BCUT2D eigenvalue weighted by Gasteiger charge is -2.57. The predicted octanol–water partition coefficient (Wildman–Crippen LogP) is 8.54. The third kappa shape index (κ3) is 4.43. The Kier molecular flexibility index (Phi) is 7.30. The number of hydrogen-bond donors (Lipinski definition) is 0.